The molecule has 98 valence electrons. The molecular weight excluding hydrogens is 234 g/mol. The minimum absolute atomic E-state index is 0.474. The molecule has 0 bridgehead atoms. The quantitative estimate of drug-likeness (QED) is 0.703. The maximum Gasteiger partial charge on any atom is 0.500 e. The normalized spacial score (nSPS) is 13.9. The van der Waals surface area contributed by atoms with Crippen LogP contribution in [0.2, 0.25) is 6.04 Å². The number of aryl methyl sites for hydroxylation is 1. The van der Waals surface area contributed by atoms with E-state index < -0.39 is 8.80 Å². The summed E-state index contributed by atoms with van der Waals surface area (Å²) < 4.78 is 18.4. The summed E-state index contributed by atoms with van der Waals surface area (Å²) in [6.45, 7) is 2.22. The van der Waals surface area contributed by atoms with Crippen molar-refractivity contribution in [3.8, 4) is 0 Å². The zero-order valence-electron chi connectivity index (χ0n) is 11.4. The van der Waals surface area contributed by atoms with Gasteiger partial charge in [0.2, 0.25) is 0 Å². The van der Waals surface area contributed by atoms with Gasteiger partial charge in [0.25, 0.3) is 0 Å². The molecule has 0 aromatic carbocycles. The van der Waals surface area contributed by atoms with E-state index in [-0.39, 0.29) is 0 Å². The molecule has 5 heteroatoms. The number of aromatic nitrogens is 1. The minimum Gasteiger partial charge on any atom is -0.377 e. The molecule has 0 N–H and O–H groups in total. The van der Waals surface area contributed by atoms with Crippen LogP contribution in [0.3, 0.4) is 0 Å². The minimum atomic E-state index is -2.42. The van der Waals surface area contributed by atoms with Crippen molar-refractivity contribution in [2.24, 2.45) is 7.05 Å². The SMILES string of the molecule is CO[Si](CCC(C)c1cccn1C)(OC)OC. The van der Waals surface area contributed by atoms with Crippen LogP contribution >= 0.6 is 0 Å². The average molecular weight is 257 g/mol. The molecule has 17 heavy (non-hydrogen) atoms. The van der Waals surface area contributed by atoms with E-state index in [0.717, 1.165) is 12.5 Å². The molecule has 4 nitrogen and oxygen atoms in total. The van der Waals surface area contributed by atoms with E-state index in [4.69, 9.17) is 13.3 Å². The van der Waals surface area contributed by atoms with E-state index in [9.17, 15) is 0 Å². The monoisotopic (exact) mass is 257 g/mol. The van der Waals surface area contributed by atoms with E-state index >= 15 is 0 Å². The number of hydrogen-bond donors (Lipinski definition) is 0. The smallest absolute Gasteiger partial charge is 0.377 e. The molecule has 0 aliphatic rings. The fraction of sp³-hybridized carbons (Fsp3) is 0.667. The van der Waals surface area contributed by atoms with Crippen molar-refractivity contribution in [3.63, 3.8) is 0 Å². The van der Waals surface area contributed by atoms with Crippen molar-refractivity contribution >= 4 is 8.80 Å². The van der Waals surface area contributed by atoms with Gasteiger partial charge in [0, 0.05) is 46.3 Å². The summed E-state index contributed by atoms with van der Waals surface area (Å²) in [6, 6.07) is 5.06. The van der Waals surface area contributed by atoms with Crippen LogP contribution in [0, 0.1) is 0 Å². The van der Waals surface area contributed by atoms with Crippen molar-refractivity contribution in [2.75, 3.05) is 21.3 Å². The number of nitrogens with zero attached hydrogens (tertiary/aromatic N) is 1. The van der Waals surface area contributed by atoms with Gasteiger partial charge in [-0.1, -0.05) is 6.92 Å². The summed E-state index contributed by atoms with van der Waals surface area (Å²) in [5.74, 6) is 0.474. The lowest BCUT2D eigenvalue weighted by atomic mass is 10.1. The zero-order valence-corrected chi connectivity index (χ0v) is 12.4. The highest BCUT2D eigenvalue weighted by Gasteiger charge is 2.37. The summed E-state index contributed by atoms with van der Waals surface area (Å²) in [6.07, 6.45) is 3.07. The maximum atomic E-state index is 5.42. The first-order valence-corrected chi connectivity index (χ1v) is 7.78. The van der Waals surface area contributed by atoms with Crippen LogP contribution in [0.25, 0.3) is 0 Å². The molecule has 0 aliphatic carbocycles. The Morgan fingerprint density at radius 3 is 2.24 bits per heavy atom. The lowest BCUT2D eigenvalue weighted by molar-refractivity contribution is 0.122. The highest BCUT2D eigenvalue weighted by atomic mass is 28.4. The van der Waals surface area contributed by atoms with Crippen molar-refractivity contribution in [1.82, 2.24) is 4.57 Å². The van der Waals surface area contributed by atoms with Gasteiger partial charge in [0.15, 0.2) is 0 Å². The third-order valence-electron chi connectivity index (χ3n) is 3.31. The first-order chi connectivity index (χ1) is 8.08. The molecule has 1 aromatic rings. The van der Waals surface area contributed by atoms with Gasteiger partial charge in [-0.15, -0.1) is 0 Å². The Bertz CT molecular complexity index is 328. The molecule has 0 fully saturated rings. The molecule has 0 spiro atoms. The molecule has 1 atom stereocenters. The van der Waals surface area contributed by atoms with Gasteiger partial charge in [0.05, 0.1) is 0 Å². The predicted octanol–water partition coefficient (Wildman–Crippen LogP) is 2.40. The van der Waals surface area contributed by atoms with Crippen LogP contribution in [-0.4, -0.2) is 34.7 Å². The third kappa shape index (κ3) is 3.42. The fourth-order valence-electron chi connectivity index (χ4n) is 2.08. The zero-order chi connectivity index (χ0) is 12.9. The molecule has 1 rings (SSSR count). The molecule has 0 saturated heterocycles. The Balaban J connectivity index is 2.58. The molecule has 0 radical (unpaired) electrons. The molecule has 0 saturated carbocycles. The Morgan fingerprint density at radius 1 is 1.24 bits per heavy atom. The lowest BCUT2D eigenvalue weighted by Gasteiger charge is -2.25. The highest BCUT2D eigenvalue weighted by molar-refractivity contribution is 6.60. The third-order valence-corrected chi connectivity index (χ3v) is 6.07. The molecule has 0 aliphatic heterocycles. The van der Waals surface area contributed by atoms with Crippen LogP contribution in [-0.2, 0) is 20.3 Å². The summed E-state index contributed by atoms with van der Waals surface area (Å²) in [4.78, 5) is 0. The van der Waals surface area contributed by atoms with Crippen molar-refractivity contribution in [3.05, 3.63) is 24.0 Å². The first kappa shape index (κ1) is 14.4. The second-order valence-electron chi connectivity index (χ2n) is 4.28. The van der Waals surface area contributed by atoms with E-state index in [0.29, 0.717) is 5.92 Å². The molecular formula is C12H23NO3Si. The lowest BCUT2D eigenvalue weighted by Crippen LogP contribution is -2.42. The summed E-state index contributed by atoms with van der Waals surface area (Å²) in [5.41, 5.74) is 1.33. The standard InChI is InChI=1S/C12H23NO3Si/c1-11(12-7-6-9-13(12)2)8-10-17(14-3,15-4)16-5/h6-7,9,11H,8,10H2,1-5H3. The summed E-state index contributed by atoms with van der Waals surface area (Å²) in [7, 11) is 4.63. The van der Waals surface area contributed by atoms with Crippen LogP contribution in [0.4, 0.5) is 0 Å². The van der Waals surface area contributed by atoms with E-state index in [1.54, 1.807) is 21.3 Å². The van der Waals surface area contributed by atoms with Crippen molar-refractivity contribution in [2.45, 2.75) is 25.3 Å². The van der Waals surface area contributed by atoms with E-state index in [2.05, 4.69) is 36.9 Å². The Hall–Kier alpha value is -0.623. The topological polar surface area (TPSA) is 32.6 Å². The fourth-order valence-corrected chi connectivity index (χ4v) is 3.98. The van der Waals surface area contributed by atoms with Gasteiger partial charge >= 0.3 is 8.80 Å². The largest absolute Gasteiger partial charge is 0.500 e. The van der Waals surface area contributed by atoms with Gasteiger partial charge in [-0.25, -0.2) is 0 Å². The Kier molecular flexibility index (Phi) is 5.39. The number of rotatable bonds is 7. The van der Waals surface area contributed by atoms with Crippen LogP contribution in [0.5, 0.6) is 0 Å². The van der Waals surface area contributed by atoms with Crippen LogP contribution in [0.15, 0.2) is 18.3 Å². The van der Waals surface area contributed by atoms with Gasteiger partial charge in [0.1, 0.15) is 0 Å². The predicted molar refractivity (Wildman–Crippen MR) is 70.0 cm³/mol. The van der Waals surface area contributed by atoms with Gasteiger partial charge < -0.3 is 17.8 Å². The Labute approximate surface area is 105 Å². The molecule has 0 amide bonds. The van der Waals surface area contributed by atoms with Crippen LogP contribution < -0.4 is 0 Å². The first-order valence-electron chi connectivity index (χ1n) is 5.85. The highest BCUT2D eigenvalue weighted by Crippen LogP contribution is 2.25. The Morgan fingerprint density at radius 2 is 1.82 bits per heavy atom. The van der Waals surface area contributed by atoms with Crippen molar-refractivity contribution < 1.29 is 13.3 Å². The van der Waals surface area contributed by atoms with E-state index in [1.165, 1.54) is 5.69 Å². The van der Waals surface area contributed by atoms with Gasteiger partial charge in [-0.05, 0) is 24.5 Å². The molecule has 1 heterocycles. The second kappa shape index (κ2) is 6.35. The summed E-state index contributed by atoms with van der Waals surface area (Å²) in [5, 5.41) is 0. The van der Waals surface area contributed by atoms with E-state index in [1.807, 2.05) is 0 Å². The van der Waals surface area contributed by atoms with Crippen molar-refractivity contribution in [1.29, 1.82) is 0 Å². The molecule has 1 unspecified atom stereocenters. The average Bonchev–Trinajstić information content (AvgIpc) is 2.78. The summed E-state index contributed by atoms with van der Waals surface area (Å²) >= 11 is 0. The van der Waals surface area contributed by atoms with Gasteiger partial charge in [-0.3, -0.25) is 0 Å². The maximum absolute atomic E-state index is 5.42. The van der Waals surface area contributed by atoms with Gasteiger partial charge in [-0.2, -0.15) is 0 Å². The number of hydrogen-bond acceptors (Lipinski definition) is 3. The van der Waals surface area contributed by atoms with Crippen LogP contribution in [0.1, 0.15) is 25.0 Å². The molecule has 1 aromatic heterocycles. The second-order valence-corrected chi connectivity index (χ2v) is 7.37.